The smallest absolute Gasteiger partial charge is 0.223 e. The molecule has 1 N–H and O–H groups in total. The first-order chi connectivity index (χ1) is 11.3. The first-order valence-corrected chi connectivity index (χ1v) is 8.40. The molecule has 0 saturated carbocycles. The molecule has 0 saturated heterocycles. The van der Waals surface area contributed by atoms with Crippen molar-refractivity contribution in [3.05, 3.63) is 47.5 Å². The molecule has 1 aliphatic carbocycles. The molecule has 0 unspecified atom stereocenters. The number of amides is 1. The summed E-state index contributed by atoms with van der Waals surface area (Å²) in [7, 11) is 0. The molecule has 0 spiro atoms. The van der Waals surface area contributed by atoms with Crippen LogP contribution in [0.15, 0.2) is 30.5 Å². The molecule has 1 amide bonds. The zero-order valence-corrected chi connectivity index (χ0v) is 14.6. The molecule has 5 heteroatoms. The van der Waals surface area contributed by atoms with Crippen LogP contribution in [0.25, 0.3) is 5.69 Å². The van der Waals surface area contributed by atoms with Crippen LogP contribution in [-0.4, -0.2) is 15.7 Å². The maximum absolute atomic E-state index is 13.2. The van der Waals surface area contributed by atoms with Gasteiger partial charge in [0.05, 0.1) is 23.6 Å². The van der Waals surface area contributed by atoms with Gasteiger partial charge in [-0.1, -0.05) is 27.7 Å². The van der Waals surface area contributed by atoms with Crippen molar-refractivity contribution < 1.29 is 9.18 Å². The van der Waals surface area contributed by atoms with Crippen molar-refractivity contribution >= 4 is 5.91 Å². The molecule has 24 heavy (non-hydrogen) atoms. The van der Waals surface area contributed by atoms with Gasteiger partial charge in [0.15, 0.2) is 0 Å². The quantitative estimate of drug-likeness (QED) is 0.931. The van der Waals surface area contributed by atoms with Gasteiger partial charge in [0.2, 0.25) is 5.91 Å². The highest BCUT2D eigenvalue weighted by Gasteiger charge is 2.36. The lowest BCUT2D eigenvalue weighted by Gasteiger charge is -2.36. The molecular weight excluding hydrogens is 305 g/mol. The van der Waals surface area contributed by atoms with Crippen molar-refractivity contribution in [1.82, 2.24) is 15.1 Å². The van der Waals surface area contributed by atoms with Crippen LogP contribution in [0.1, 0.15) is 51.4 Å². The van der Waals surface area contributed by atoms with Crippen LogP contribution in [0, 0.1) is 17.2 Å². The molecule has 2 aromatic rings. The van der Waals surface area contributed by atoms with Gasteiger partial charge in [0.1, 0.15) is 5.82 Å². The molecule has 1 aromatic heterocycles. The highest BCUT2D eigenvalue weighted by molar-refractivity contribution is 5.78. The molecule has 128 valence electrons. The number of nitrogens with zero attached hydrogens (tertiary/aromatic N) is 2. The van der Waals surface area contributed by atoms with Crippen LogP contribution in [-0.2, 0) is 11.2 Å². The predicted octanol–water partition coefficient (Wildman–Crippen LogP) is 3.80. The molecule has 1 aliphatic rings. The second kappa shape index (κ2) is 6.04. The fourth-order valence-electron chi connectivity index (χ4n) is 3.31. The number of benzene rings is 1. The molecule has 4 nitrogen and oxygen atoms in total. The summed E-state index contributed by atoms with van der Waals surface area (Å²) < 4.78 is 15.1. The molecular formula is C19H24FN3O. The van der Waals surface area contributed by atoms with Gasteiger partial charge in [-0.3, -0.25) is 4.79 Å². The zero-order chi connectivity index (χ0) is 17.5. The second-order valence-corrected chi connectivity index (χ2v) is 7.70. The predicted molar refractivity (Wildman–Crippen MR) is 91.3 cm³/mol. The van der Waals surface area contributed by atoms with Crippen LogP contribution < -0.4 is 5.32 Å². The monoisotopic (exact) mass is 329 g/mol. The minimum absolute atomic E-state index is 0.0344. The molecule has 0 bridgehead atoms. The van der Waals surface area contributed by atoms with Crippen LogP contribution >= 0.6 is 0 Å². The fourth-order valence-corrected chi connectivity index (χ4v) is 3.31. The Kier molecular flexibility index (Phi) is 4.20. The van der Waals surface area contributed by atoms with Gasteiger partial charge in [-0.25, -0.2) is 9.07 Å². The summed E-state index contributed by atoms with van der Waals surface area (Å²) in [5, 5.41) is 7.66. The number of carbonyl (C=O) groups excluding carboxylic acids is 1. The van der Waals surface area contributed by atoms with E-state index in [2.05, 4.69) is 24.3 Å². The van der Waals surface area contributed by atoms with Crippen molar-refractivity contribution in [3.8, 4) is 5.69 Å². The summed E-state index contributed by atoms with van der Waals surface area (Å²) >= 11 is 0. The molecule has 3 rings (SSSR count). The highest BCUT2D eigenvalue weighted by Crippen LogP contribution is 2.41. The van der Waals surface area contributed by atoms with E-state index in [0.29, 0.717) is 0 Å². The summed E-state index contributed by atoms with van der Waals surface area (Å²) in [4.78, 5) is 12.2. The fraction of sp³-hybridized carbons (Fsp3) is 0.474. The summed E-state index contributed by atoms with van der Waals surface area (Å²) in [6.45, 7) is 8.19. The molecule has 1 aromatic carbocycles. The number of hydrogen-bond donors (Lipinski definition) is 1. The molecule has 0 aliphatic heterocycles. The number of carbonyl (C=O) groups is 1. The number of halogens is 1. The van der Waals surface area contributed by atoms with Crippen molar-refractivity contribution in [1.29, 1.82) is 0 Å². The van der Waals surface area contributed by atoms with Gasteiger partial charge in [0, 0.05) is 11.5 Å². The summed E-state index contributed by atoms with van der Waals surface area (Å²) in [5.41, 5.74) is 3.04. The van der Waals surface area contributed by atoms with E-state index in [0.717, 1.165) is 29.8 Å². The van der Waals surface area contributed by atoms with E-state index in [9.17, 15) is 9.18 Å². The van der Waals surface area contributed by atoms with E-state index in [4.69, 9.17) is 0 Å². The summed E-state index contributed by atoms with van der Waals surface area (Å²) in [6, 6.07) is 6.30. The van der Waals surface area contributed by atoms with E-state index in [1.54, 1.807) is 12.1 Å². The second-order valence-electron chi connectivity index (χ2n) is 7.70. The van der Waals surface area contributed by atoms with Crippen molar-refractivity contribution in [2.75, 3.05) is 0 Å². The van der Waals surface area contributed by atoms with E-state index in [-0.39, 0.29) is 29.1 Å². The first-order valence-electron chi connectivity index (χ1n) is 8.40. The Morgan fingerprint density at radius 3 is 2.62 bits per heavy atom. The third-order valence-corrected chi connectivity index (χ3v) is 4.59. The summed E-state index contributed by atoms with van der Waals surface area (Å²) in [5.74, 6) is -0.258. The lowest BCUT2D eigenvalue weighted by molar-refractivity contribution is -0.125. The lowest BCUT2D eigenvalue weighted by atomic mass is 9.74. The number of rotatable bonds is 3. The average Bonchev–Trinajstić information content (AvgIpc) is 2.90. The van der Waals surface area contributed by atoms with Gasteiger partial charge >= 0.3 is 0 Å². The third-order valence-electron chi connectivity index (χ3n) is 4.59. The number of hydrogen-bond acceptors (Lipinski definition) is 2. The van der Waals surface area contributed by atoms with E-state index in [1.807, 2.05) is 24.7 Å². The van der Waals surface area contributed by atoms with Gasteiger partial charge in [-0.05, 0) is 42.5 Å². The topological polar surface area (TPSA) is 46.9 Å². The standard InChI is InChI=1S/C19H24FN3O/c1-12(2)18(24)22-16-9-19(3,4)10-17-15(16)11-21-23(17)14-7-5-13(20)6-8-14/h5-8,11-12,16H,9-10H2,1-4H3,(H,22,24)/t16-/m0/s1. The van der Waals surface area contributed by atoms with Crippen LogP contribution in [0.3, 0.4) is 0 Å². The average molecular weight is 329 g/mol. The van der Waals surface area contributed by atoms with Crippen molar-refractivity contribution in [2.45, 2.75) is 46.6 Å². The Balaban J connectivity index is 1.99. The highest BCUT2D eigenvalue weighted by atomic mass is 19.1. The number of nitrogens with one attached hydrogen (secondary N) is 1. The third kappa shape index (κ3) is 3.21. The first kappa shape index (κ1) is 16.7. The van der Waals surface area contributed by atoms with Crippen LogP contribution in [0.5, 0.6) is 0 Å². The van der Waals surface area contributed by atoms with Crippen LogP contribution in [0.2, 0.25) is 0 Å². The number of fused-ring (bicyclic) bond motifs is 1. The largest absolute Gasteiger partial charge is 0.349 e. The number of aromatic nitrogens is 2. The minimum Gasteiger partial charge on any atom is -0.349 e. The lowest BCUT2D eigenvalue weighted by Crippen LogP contribution is -2.38. The van der Waals surface area contributed by atoms with Gasteiger partial charge in [-0.15, -0.1) is 0 Å². The zero-order valence-electron chi connectivity index (χ0n) is 14.6. The Labute approximate surface area is 142 Å². The molecule has 0 radical (unpaired) electrons. The van der Waals surface area contributed by atoms with E-state index >= 15 is 0 Å². The van der Waals surface area contributed by atoms with Crippen LogP contribution in [0.4, 0.5) is 4.39 Å². The normalized spacial score (nSPS) is 19.2. The SMILES string of the molecule is CC(C)C(=O)N[C@H]1CC(C)(C)Cc2c1cnn2-c1ccc(F)cc1. The van der Waals surface area contributed by atoms with Gasteiger partial charge in [0.25, 0.3) is 0 Å². The minimum atomic E-state index is -0.262. The van der Waals surface area contributed by atoms with E-state index in [1.165, 1.54) is 12.1 Å². The Morgan fingerprint density at radius 1 is 1.33 bits per heavy atom. The Bertz CT molecular complexity index is 746. The van der Waals surface area contributed by atoms with Gasteiger partial charge < -0.3 is 5.32 Å². The summed E-state index contributed by atoms with van der Waals surface area (Å²) in [6.07, 6.45) is 3.58. The molecule has 0 fully saturated rings. The van der Waals surface area contributed by atoms with E-state index < -0.39 is 0 Å². The molecule has 1 heterocycles. The Hall–Kier alpha value is -2.17. The van der Waals surface area contributed by atoms with Crippen molar-refractivity contribution in [3.63, 3.8) is 0 Å². The van der Waals surface area contributed by atoms with Gasteiger partial charge in [-0.2, -0.15) is 5.10 Å². The Morgan fingerprint density at radius 2 is 2.00 bits per heavy atom. The molecule has 1 atom stereocenters. The van der Waals surface area contributed by atoms with Crippen molar-refractivity contribution in [2.24, 2.45) is 11.3 Å². The maximum Gasteiger partial charge on any atom is 0.223 e. The maximum atomic E-state index is 13.2.